The first-order chi connectivity index (χ1) is 16.8. The van der Waals surface area contributed by atoms with Crippen LogP contribution in [0.1, 0.15) is 24.0 Å². The van der Waals surface area contributed by atoms with E-state index in [1.165, 1.54) is 18.2 Å². The predicted octanol–water partition coefficient (Wildman–Crippen LogP) is 0.740. The van der Waals surface area contributed by atoms with Gasteiger partial charge in [-0.05, 0) is 42.3 Å². The molecule has 35 heavy (non-hydrogen) atoms. The standard InChI is InChI=1S/C24H21FN4O6/c25-12-2-3-14-13(8-12)24(23(33)27-14)20-19(15(28-24)4-6-18(26)30)21(31)29(22(20)32)9-11-1-5-16-17(7-11)35-10-34-16/h1-3,5,7-8,15,19-20,28H,4,6,9-10H2,(H2,26,30)(H,27,33)/t15-,19+,20-,24+/m0/s1. The highest BCUT2D eigenvalue weighted by Gasteiger charge is 2.70. The van der Waals surface area contributed by atoms with Crippen LogP contribution in [0.2, 0.25) is 0 Å². The van der Waals surface area contributed by atoms with Crippen molar-refractivity contribution in [1.29, 1.82) is 0 Å². The molecule has 0 saturated carbocycles. The molecule has 11 heteroatoms. The van der Waals surface area contributed by atoms with Gasteiger partial charge < -0.3 is 20.5 Å². The van der Waals surface area contributed by atoms with Crippen molar-refractivity contribution >= 4 is 29.3 Å². The molecule has 4 heterocycles. The van der Waals surface area contributed by atoms with E-state index >= 15 is 0 Å². The van der Waals surface area contributed by atoms with Crippen LogP contribution in [0, 0.1) is 17.7 Å². The summed E-state index contributed by atoms with van der Waals surface area (Å²) in [6, 6.07) is 8.28. The normalized spacial score (nSPS) is 28.0. The molecular weight excluding hydrogens is 459 g/mol. The number of anilines is 1. The maximum atomic E-state index is 14.3. The van der Waals surface area contributed by atoms with Crippen molar-refractivity contribution < 1.29 is 33.0 Å². The number of primary amides is 1. The first-order valence-corrected chi connectivity index (χ1v) is 11.2. The monoisotopic (exact) mass is 480 g/mol. The van der Waals surface area contributed by atoms with Crippen molar-refractivity contribution in [3.05, 3.63) is 53.3 Å². The van der Waals surface area contributed by atoms with Crippen molar-refractivity contribution in [1.82, 2.24) is 10.2 Å². The van der Waals surface area contributed by atoms with E-state index < -0.39 is 52.9 Å². The molecule has 0 bridgehead atoms. The van der Waals surface area contributed by atoms with Crippen LogP contribution in [-0.4, -0.2) is 41.4 Å². The van der Waals surface area contributed by atoms with Gasteiger partial charge in [-0.15, -0.1) is 0 Å². The van der Waals surface area contributed by atoms with E-state index in [1.807, 2.05) is 0 Å². The number of benzene rings is 2. The Balaban J connectivity index is 1.40. The second-order valence-electron chi connectivity index (χ2n) is 9.16. The summed E-state index contributed by atoms with van der Waals surface area (Å²) in [5, 5.41) is 5.86. The number of nitrogens with two attached hydrogens (primary N) is 1. The molecule has 1 spiro atoms. The number of rotatable bonds is 5. The number of nitrogens with zero attached hydrogens (tertiary/aromatic N) is 1. The summed E-state index contributed by atoms with van der Waals surface area (Å²) in [6.07, 6.45) is 0.102. The first kappa shape index (κ1) is 21.5. The third-order valence-corrected chi connectivity index (χ3v) is 7.25. The van der Waals surface area contributed by atoms with Crippen molar-refractivity contribution in [2.45, 2.75) is 31.0 Å². The highest BCUT2D eigenvalue weighted by atomic mass is 19.1. The first-order valence-electron chi connectivity index (χ1n) is 11.2. The number of carbonyl (C=O) groups excluding carboxylic acids is 4. The Kier molecular flexibility index (Phi) is 4.62. The van der Waals surface area contributed by atoms with Crippen LogP contribution in [-0.2, 0) is 31.3 Å². The average molecular weight is 480 g/mol. The molecule has 10 nitrogen and oxygen atoms in total. The second kappa shape index (κ2) is 7.51. The van der Waals surface area contributed by atoms with Crippen LogP contribution in [0.3, 0.4) is 0 Å². The Bertz CT molecular complexity index is 1310. The quantitative estimate of drug-likeness (QED) is 0.536. The second-order valence-corrected chi connectivity index (χ2v) is 9.16. The Labute approximate surface area is 198 Å². The molecular formula is C24H21FN4O6. The fourth-order valence-corrected chi connectivity index (χ4v) is 5.76. The third-order valence-electron chi connectivity index (χ3n) is 7.25. The molecule has 4 amide bonds. The maximum absolute atomic E-state index is 14.3. The number of likely N-dealkylation sites (tertiary alicyclic amines) is 1. The maximum Gasteiger partial charge on any atom is 0.250 e. The van der Waals surface area contributed by atoms with Crippen LogP contribution in [0.25, 0.3) is 0 Å². The number of fused-ring (bicyclic) bond motifs is 5. The van der Waals surface area contributed by atoms with Crippen LogP contribution in [0.5, 0.6) is 11.5 Å². The van der Waals surface area contributed by atoms with Gasteiger partial charge in [0.15, 0.2) is 11.5 Å². The molecule has 0 aliphatic carbocycles. The molecule has 6 rings (SSSR count). The van der Waals surface area contributed by atoms with Gasteiger partial charge in [-0.2, -0.15) is 0 Å². The summed E-state index contributed by atoms with van der Waals surface area (Å²) in [5.41, 5.74) is 4.98. The zero-order chi connectivity index (χ0) is 24.5. The van der Waals surface area contributed by atoms with Crippen molar-refractivity contribution in [2.24, 2.45) is 17.6 Å². The van der Waals surface area contributed by atoms with E-state index in [0.717, 1.165) is 4.90 Å². The Morgan fingerprint density at radius 1 is 1.11 bits per heavy atom. The number of halogens is 1. The minimum Gasteiger partial charge on any atom is -0.454 e. The van der Waals surface area contributed by atoms with E-state index in [4.69, 9.17) is 15.2 Å². The summed E-state index contributed by atoms with van der Waals surface area (Å²) in [7, 11) is 0. The lowest BCUT2D eigenvalue weighted by molar-refractivity contribution is -0.143. The molecule has 0 radical (unpaired) electrons. The highest BCUT2D eigenvalue weighted by Crippen LogP contribution is 2.53. The molecule has 4 atom stereocenters. The summed E-state index contributed by atoms with van der Waals surface area (Å²) in [5.74, 6) is -3.64. The predicted molar refractivity (Wildman–Crippen MR) is 117 cm³/mol. The summed E-state index contributed by atoms with van der Waals surface area (Å²) >= 11 is 0. The van der Waals surface area contributed by atoms with Gasteiger partial charge in [-0.25, -0.2) is 4.39 Å². The van der Waals surface area contributed by atoms with Crippen molar-refractivity contribution in [3.8, 4) is 11.5 Å². The minimum atomic E-state index is -1.64. The molecule has 0 aromatic heterocycles. The van der Waals surface area contributed by atoms with Crippen LogP contribution >= 0.6 is 0 Å². The van der Waals surface area contributed by atoms with Gasteiger partial charge in [0, 0.05) is 23.7 Å². The molecule has 4 N–H and O–H groups in total. The molecule has 4 aliphatic rings. The Morgan fingerprint density at radius 2 is 1.91 bits per heavy atom. The van der Waals surface area contributed by atoms with E-state index in [1.54, 1.807) is 18.2 Å². The number of imide groups is 1. The Hall–Kier alpha value is -3.99. The molecule has 2 saturated heterocycles. The largest absolute Gasteiger partial charge is 0.454 e. The number of nitrogens with one attached hydrogen (secondary N) is 2. The summed E-state index contributed by atoms with van der Waals surface area (Å²) < 4.78 is 25.0. The number of amides is 4. The highest BCUT2D eigenvalue weighted by molar-refractivity contribution is 6.15. The van der Waals surface area contributed by atoms with Crippen molar-refractivity contribution in [2.75, 3.05) is 12.1 Å². The van der Waals surface area contributed by atoms with Gasteiger partial charge >= 0.3 is 0 Å². The van der Waals surface area contributed by atoms with Crippen molar-refractivity contribution in [3.63, 3.8) is 0 Å². The Morgan fingerprint density at radius 3 is 2.71 bits per heavy atom. The van der Waals surface area contributed by atoms with Crippen LogP contribution in [0.15, 0.2) is 36.4 Å². The van der Waals surface area contributed by atoms with E-state index in [-0.39, 0.29) is 31.7 Å². The number of ether oxygens (including phenoxy) is 2. The topological polar surface area (TPSA) is 140 Å². The lowest BCUT2D eigenvalue weighted by atomic mass is 9.76. The number of carbonyl (C=O) groups is 4. The molecule has 2 fully saturated rings. The smallest absolute Gasteiger partial charge is 0.250 e. The zero-order valence-electron chi connectivity index (χ0n) is 18.4. The lowest BCUT2D eigenvalue weighted by Gasteiger charge is -2.29. The van der Waals surface area contributed by atoms with Gasteiger partial charge in [0.25, 0.3) is 0 Å². The minimum absolute atomic E-state index is 0.0302. The molecule has 0 unspecified atom stereocenters. The number of hydrogen-bond donors (Lipinski definition) is 3. The summed E-state index contributed by atoms with van der Waals surface area (Å²) in [4.78, 5) is 53.3. The van der Waals surface area contributed by atoms with Crippen LogP contribution in [0.4, 0.5) is 10.1 Å². The zero-order valence-corrected chi connectivity index (χ0v) is 18.4. The third kappa shape index (κ3) is 3.04. The molecule has 4 aliphatic heterocycles. The fraction of sp³-hybridized carbons (Fsp3) is 0.333. The lowest BCUT2D eigenvalue weighted by Crippen LogP contribution is -2.53. The molecule has 180 valence electrons. The SMILES string of the molecule is NC(=O)CC[C@@H]1N[C@@]2(C(=O)Nc3ccc(F)cc32)[C@@H]2C(=O)N(Cc3ccc4c(c3)OCO4)C(=O)[C@H]12. The summed E-state index contributed by atoms with van der Waals surface area (Å²) in [6.45, 7) is 0.0584. The molecule has 2 aromatic carbocycles. The van der Waals surface area contributed by atoms with E-state index in [0.29, 0.717) is 22.7 Å². The van der Waals surface area contributed by atoms with Crippen LogP contribution < -0.4 is 25.8 Å². The fourth-order valence-electron chi connectivity index (χ4n) is 5.76. The van der Waals surface area contributed by atoms with Gasteiger partial charge in [0.2, 0.25) is 30.4 Å². The van der Waals surface area contributed by atoms with Gasteiger partial charge in [-0.1, -0.05) is 6.07 Å². The van der Waals surface area contributed by atoms with E-state index in [9.17, 15) is 23.6 Å². The van der Waals surface area contributed by atoms with Gasteiger partial charge in [0.1, 0.15) is 11.4 Å². The van der Waals surface area contributed by atoms with E-state index in [2.05, 4.69) is 10.6 Å². The van der Waals surface area contributed by atoms with Gasteiger partial charge in [0.05, 0.1) is 18.4 Å². The van der Waals surface area contributed by atoms with Gasteiger partial charge in [-0.3, -0.25) is 29.4 Å². The average Bonchev–Trinajstić information content (AvgIpc) is 3.55. The number of hydrogen-bond acceptors (Lipinski definition) is 7. The molecule has 2 aromatic rings.